The summed E-state index contributed by atoms with van der Waals surface area (Å²) in [6.07, 6.45) is 0. The Balaban J connectivity index is 1.78. The fraction of sp³-hybridized carbons (Fsp3) is 0.176. The second-order valence-electron chi connectivity index (χ2n) is 5.60. The van der Waals surface area contributed by atoms with Crippen LogP contribution in [0.3, 0.4) is 0 Å². The number of rotatable bonds is 5. The Morgan fingerprint density at radius 1 is 1.08 bits per heavy atom. The molecule has 130 valence electrons. The van der Waals surface area contributed by atoms with E-state index < -0.39 is 15.8 Å². The SMILES string of the molecule is Cc1ccc(-c2nc(CN(C)S(=O)(=O)c3ccc(F)cc3)no2)cc1. The molecule has 0 saturated carbocycles. The number of aromatic nitrogens is 2. The third kappa shape index (κ3) is 3.75. The highest BCUT2D eigenvalue weighted by Crippen LogP contribution is 2.20. The highest BCUT2D eigenvalue weighted by atomic mass is 32.2. The predicted octanol–water partition coefficient (Wildman–Crippen LogP) is 3.00. The molecule has 0 spiro atoms. The first-order valence-corrected chi connectivity index (χ1v) is 8.92. The summed E-state index contributed by atoms with van der Waals surface area (Å²) in [5, 5.41) is 3.82. The molecule has 0 fully saturated rings. The zero-order valence-corrected chi connectivity index (χ0v) is 14.5. The van der Waals surface area contributed by atoms with Gasteiger partial charge in [0.2, 0.25) is 10.0 Å². The van der Waals surface area contributed by atoms with Crippen molar-refractivity contribution >= 4 is 10.0 Å². The third-order valence-electron chi connectivity index (χ3n) is 3.65. The molecule has 0 aliphatic rings. The fourth-order valence-electron chi connectivity index (χ4n) is 2.20. The molecule has 0 bridgehead atoms. The Bertz CT molecular complexity index is 967. The first-order chi connectivity index (χ1) is 11.9. The smallest absolute Gasteiger partial charge is 0.257 e. The quantitative estimate of drug-likeness (QED) is 0.698. The van der Waals surface area contributed by atoms with Gasteiger partial charge in [-0.2, -0.15) is 9.29 Å². The van der Waals surface area contributed by atoms with Gasteiger partial charge in [-0.15, -0.1) is 0 Å². The average Bonchev–Trinajstić information content (AvgIpc) is 3.04. The van der Waals surface area contributed by atoms with E-state index in [1.165, 1.54) is 19.2 Å². The van der Waals surface area contributed by atoms with Crippen LogP contribution in [0.25, 0.3) is 11.5 Å². The number of benzene rings is 2. The van der Waals surface area contributed by atoms with E-state index in [2.05, 4.69) is 10.1 Å². The van der Waals surface area contributed by atoms with E-state index in [1.807, 2.05) is 31.2 Å². The number of hydrogen-bond donors (Lipinski definition) is 0. The van der Waals surface area contributed by atoms with Crippen molar-refractivity contribution in [2.45, 2.75) is 18.4 Å². The second-order valence-corrected chi connectivity index (χ2v) is 7.64. The van der Waals surface area contributed by atoms with Crippen molar-refractivity contribution in [1.29, 1.82) is 0 Å². The van der Waals surface area contributed by atoms with Crippen molar-refractivity contribution in [2.75, 3.05) is 7.05 Å². The summed E-state index contributed by atoms with van der Waals surface area (Å²) in [4.78, 5) is 4.23. The maximum Gasteiger partial charge on any atom is 0.257 e. The third-order valence-corrected chi connectivity index (χ3v) is 5.47. The Labute approximate surface area is 145 Å². The minimum Gasteiger partial charge on any atom is -0.334 e. The number of sulfonamides is 1. The van der Waals surface area contributed by atoms with Gasteiger partial charge in [0.25, 0.3) is 5.89 Å². The lowest BCUT2D eigenvalue weighted by Gasteiger charge is -2.15. The van der Waals surface area contributed by atoms with Gasteiger partial charge in [-0.05, 0) is 43.3 Å². The lowest BCUT2D eigenvalue weighted by Crippen LogP contribution is -2.27. The minimum atomic E-state index is -3.77. The molecule has 0 atom stereocenters. The van der Waals surface area contributed by atoms with Gasteiger partial charge in [0.1, 0.15) is 5.82 Å². The molecule has 1 heterocycles. The molecule has 0 N–H and O–H groups in total. The van der Waals surface area contributed by atoms with Crippen LogP contribution in [0.1, 0.15) is 11.4 Å². The monoisotopic (exact) mass is 361 g/mol. The standard InChI is InChI=1S/C17H16FN3O3S/c1-12-3-5-13(6-4-12)17-19-16(20-24-17)11-21(2)25(22,23)15-9-7-14(18)8-10-15/h3-10H,11H2,1-2H3. The van der Waals surface area contributed by atoms with Crippen LogP contribution in [0.4, 0.5) is 4.39 Å². The second kappa shape index (κ2) is 6.73. The molecule has 3 rings (SSSR count). The van der Waals surface area contributed by atoms with Gasteiger partial charge in [-0.25, -0.2) is 12.8 Å². The van der Waals surface area contributed by atoms with Gasteiger partial charge < -0.3 is 4.52 Å². The minimum absolute atomic E-state index is 0.00125. The van der Waals surface area contributed by atoms with Crippen molar-refractivity contribution in [3.8, 4) is 11.5 Å². The van der Waals surface area contributed by atoms with E-state index in [1.54, 1.807) is 0 Å². The summed E-state index contributed by atoms with van der Waals surface area (Å²) >= 11 is 0. The van der Waals surface area contributed by atoms with Crippen LogP contribution in [0.5, 0.6) is 0 Å². The van der Waals surface area contributed by atoms with E-state index in [-0.39, 0.29) is 17.3 Å². The average molecular weight is 361 g/mol. The molecule has 2 aromatic carbocycles. The maximum absolute atomic E-state index is 13.0. The van der Waals surface area contributed by atoms with E-state index in [4.69, 9.17) is 4.52 Å². The first-order valence-electron chi connectivity index (χ1n) is 7.48. The van der Waals surface area contributed by atoms with Gasteiger partial charge in [-0.1, -0.05) is 22.9 Å². The van der Waals surface area contributed by atoms with Crippen molar-refractivity contribution in [3.63, 3.8) is 0 Å². The van der Waals surface area contributed by atoms with Crippen LogP contribution in [0, 0.1) is 12.7 Å². The summed E-state index contributed by atoms with van der Waals surface area (Å²) in [5.41, 5.74) is 1.86. The zero-order valence-electron chi connectivity index (χ0n) is 13.7. The van der Waals surface area contributed by atoms with Gasteiger partial charge in [0.15, 0.2) is 5.82 Å². The van der Waals surface area contributed by atoms with Gasteiger partial charge in [0, 0.05) is 12.6 Å². The summed E-state index contributed by atoms with van der Waals surface area (Å²) in [5.74, 6) is 0.0638. The summed E-state index contributed by atoms with van der Waals surface area (Å²) in [6.45, 7) is 1.91. The number of halogens is 1. The Kier molecular flexibility index (Phi) is 4.65. The van der Waals surface area contributed by atoms with Crippen molar-refractivity contribution in [3.05, 3.63) is 65.7 Å². The van der Waals surface area contributed by atoms with Crippen molar-refractivity contribution in [2.24, 2.45) is 0 Å². The summed E-state index contributed by atoms with van der Waals surface area (Å²) in [7, 11) is -2.37. The van der Waals surface area contributed by atoms with E-state index in [0.717, 1.165) is 27.6 Å². The van der Waals surface area contributed by atoms with Crippen LogP contribution < -0.4 is 0 Å². The molecule has 8 heteroatoms. The molecular weight excluding hydrogens is 345 g/mol. The van der Waals surface area contributed by atoms with Crippen LogP contribution in [-0.2, 0) is 16.6 Å². The number of nitrogens with zero attached hydrogens (tertiary/aromatic N) is 3. The van der Waals surface area contributed by atoms with Crippen LogP contribution >= 0.6 is 0 Å². The van der Waals surface area contributed by atoms with Gasteiger partial charge in [0.05, 0.1) is 11.4 Å². The number of aryl methyl sites for hydroxylation is 1. The normalized spacial score (nSPS) is 11.8. The van der Waals surface area contributed by atoms with Crippen LogP contribution in [-0.4, -0.2) is 29.9 Å². The molecule has 0 unspecified atom stereocenters. The van der Waals surface area contributed by atoms with E-state index in [9.17, 15) is 12.8 Å². The highest BCUT2D eigenvalue weighted by Gasteiger charge is 2.23. The molecule has 1 aromatic heterocycles. The first kappa shape index (κ1) is 17.2. The molecular formula is C17H16FN3O3S. The molecule has 25 heavy (non-hydrogen) atoms. The Hall–Kier alpha value is -2.58. The molecule has 0 saturated heterocycles. The lowest BCUT2D eigenvalue weighted by molar-refractivity contribution is 0.402. The molecule has 0 radical (unpaired) electrons. The zero-order chi connectivity index (χ0) is 18.0. The summed E-state index contributed by atoms with van der Waals surface area (Å²) in [6, 6.07) is 12.2. The van der Waals surface area contributed by atoms with Crippen LogP contribution in [0.15, 0.2) is 57.9 Å². The van der Waals surface area contributed by atoms with E-state index in [0.29, 0.717) is 5.89 Å². The lowest BCUT2D eigenvalue weighted by atomic mass is 10.1. The van der Waals surface area contributed by atoms with E-state index >= 15 is 0 Å². The van der Waals surface area contributed by atoms with Crippen molar-refractivity contribution < 1.29 is 17.3 Å². The molecule has 0 aliphatic heterocycles. The molecule has 3 aromatic rings. The Morgan fingerprint density at radius 2 is 1.72 bits per heavy atom. The maximum atomic E-state index is 13.0. The summed E-state index contributed by atoms with van der Waals surface area (Å²) < 4.78 is 44.2. The fourth-order valence-corrected chi connectivity index (χ4v) is 3.33. The molecule has 0 aliphatic carbocycles. The predicted molar refractivity (Wildman–Crippen MR) is 89.5 cm³/mol. The molecule has 6 nitrogen and oxygen atoms in total. The van der Waals surface area contributed by atoms with Gasteiger partial charge >= 0.3 is 0 Å². The highest BCUT2D eigenvalue weighted by molar-refractivity contribution is 7.89. The van der Waals surface area contributed by atoms with Gasteiger partial charge in [-0.3, -0.25) is 0 Å². The molecule has 0 amide bonds. The largest absolute Gasteiger partial charge is 0.334 e. The van der Waals surface area contributed by atoms with Crippen LogP contribution in [0.2, 0.25) is 0 Å². The van der Waals surface area contributed by atoms with Crippen molar-refractivity contribution in [1.82, 2.24) is 14.4 Å². The topological polar surface area (TPSA) is 76.3 Å². The Morgan fingerprint density at radius 3 is 2.36 bits per heavy atom. The number of hydrogen-bond acceptors (Lipinski definition) is 5.